The number of aliphatic hydroxyl groups excluding tert-OH is 1. The van der Waals surface area contributed by atoms with Crippen LogP contribution in [-0.2, 0) is 16.1 Å². The van der Waals surface area contributed by atoms with Gasteiger partial charge in [0.05, 0.1) is 18.6 Å². The third-order valence-electron chi connectivity index (χ3n) is 8.51. The fourth-order valence-electron chi connectivity index (χ4n) is 6.02. The number of benzene rings is 3. The molecule has 39 heavy (non-hydrogen) atoms. The molecule has 0 spiro atoms. The van der Waals surface area contributed by atoms with Crippen LogP contribution in [0.15, 0.2) is 84.9 Å². The maximum atomic E-state index is 13.4. The van der Waals surface area contributed by atoms with E-state index in [9.17, 15) is 14.7 Å². The lowest BCUT2D eigenvalue weighted by atomic mass is 9.74. The molecule has 3 aromatic carbocycles. The van der Waals surface area contributed by atoms with Crippen molar-refractivity contribution in [2.45, 2.75) is 75.9 Å². The van der Waals surface area contributed by atoms with Crippen molar-refractivity contribution >= 4 is 11.8 Å². The van der Waals surface area contributed by atoms with Gasteiger partial charge < -0.3 is 15.3 Å². The summed E-state index contributed by atoms with van der Waals surface area (Å²) in [5.74, 6) is 0.0905. The monoisotopic (exact) mass is 524 g/mol. The average molecular weight is 525 g/mol. The molecule has 5 rings (SSSR count). The number of hydrogen-bond donors (Lipinski definition) is 2. The highest BCUT2D eigenvalue weighted by molar-refractivity contribution is 5.84. The predicted octanol–water partition coefficient (Wildman–Crippen LogP) is 6.10. The van der Waals surface area contributed by atoms with Gasteiger partial charge in [-0.3, -0.25) is 9.59 Å². The lowest BCUT2D eigenvalue weighted by Gasteiger charge is -2.32. The van der Waals surface area contributed by atoms with Gasteiger partial charge in [0, 0.05) is 18.5 Å². The molecule has 2 aliphatic rings. The van der Waals surface area contributed by atoms with Crippen molar-refractivity contribution in [3.05, 3.63) is 107 Å². The van der Waals surface area contributed by atoms with Crippen molar-refractivity contribution in [1.82, 2.24) is 10.2 Å². The number of rotatable bonds is 10. The Labute approximate surface area is 232 Å². The minimum Gasteiger partial charge on any atom is -0.394 e. The number of aliphatic hydroxyl groups is 1. The topological polar surface area (TPSA) is 69.6 Å². The number of carbonyl (C=O) groups excluding carboxylic acids is 2. The van der Waals surface area contributed by atoms with E-state index >= 15 is 0 Å². The molecular weight excluding hydrogens is 484 g/mol. The van der Waals surface area contributed by atoms with Gasteiger partial charge in [0.1, 0.15) is 0 Å². The normalized spacial score (nSPS) is 20.6. The maximum absolute atomic E-state index is 13.4. The Morgan fingerprint density at radius 3 is 2.08 bits per heavy atom. The van der Waals surface area contributed by atoms with Crippen LogP contribution in [0.25, 0.3) is 0 Å². The maximum Gasteiger partial charge on any atom is 0.230 e. The van der Waals surface area contributed by atoms with Crippen LogP contribution in [-0.4, -0.2) is 34.5 Å². The standard InChI is InChI=1S/C34H40N2O3/c1-24(26-10-4-2-5-11-26)34(39)36(29-20-21-29)22-25-16-18-27(19-17-25)30-14-8-9-15-31(30)33(38)35-32(23-37)28-12-6-3-7-13-28/h2-7,10-13,16-19,24,29-32,37H,8-9,14-15,20-23H2,1H3,(H,35,38)/t24?,30-,31+,32+/m1/s1. The van der Waals surface area contributed by atoms with Gasteiger partial charge in [0.2, 0.25) is 11.8 Å². The van der Waals surface area contributed by atoms with Crippen molar-refractivity contribution in [2.75, 3.05) is 6.61 Å². The minimum absolute atomic E-state index is 0.0204. The van der Waals surface area contributed by atoms with Gasteiger partial charge in [-0.15, -0.1) is 0 Å². The zero-order valence-electron chi connectivity index (χ0n) is 22.8. The summed E-state index contributed by atoms with van der Waals surface area (Å²) in [6.45, 7) is 2.50. The molecule has 5 heteroatoms. The van der Waals surface area contributed by atoms with Crippen molar-refractivity contribution in [3.8, 4) is 0 Å². The molecular formula is C34H40N2O3. The second kappa shape index (κ2) is 12.6. The molecule has 3 aromatic rings. The Hall–Kier alpha value is -3.44. The zero-order chi connectivity index (χ0) is 27.2. The molecule has 0 aliphatic heterocycles. The summed E-state index contributed by atoms with van der Waals surface area (Å²) in [6.07, 6.45) is 6.13. The molecule has 0 heterocycles. The van der Waals surface area contributed by atoms with Crippen LogP contribution in [0.2, 0.25) is 0 Å². The number of nitrogens with zero attached hydrogens (tertiary/aromatic N) is 1. The molecule has 204 valence electrons. The smallest absolute Gasteiger partial charge is 0.230 e. The van der Waals surface area contributed by atoms with Gasteiger partial charge in [-0.1, -0.05) is 97.8 Å². The van der Waals surface area contributed by atoms with E-state index in [1.54, 1.807) is 0 Å². The van der Waals surface area contributed by atoms with E-state index in [1.165, 1.54) is 5.56 Å². The first kappa shape index (κ1) is 27.1. The first-order chi connectivity index (χ1) is 19.0. The van der Waals surface area contributed by atoms with Gasteiger partial charge in [-0.05, 0) is 60.8 Å². The van der Waals surface area contributed by atoms with Gasteiger partial charge >= 0.3 is 0 Å². The third-order valence-corrected chi connectivity index (χ3v) is 8.51. The van der Waals surface area contributed by atoms with E-state index in [0.29, 0.717) is 12.6 Å². The van der Waals surface area contributed by atoms with Gasteiger partial charge in [-0.25, -0.2) is 0 Å². The van der Waals surface area contributed by atoms with Crippen LogP contribution in [0.3, 0.4) is 0 Å². The fourth-order valence-corrected chi connectivity index (χ4v) is 6.02. The highest BCUT2D eigenvalue weighted by Crippen LogP contribution is 2.39. The summed E-state index contributed by atoms with van der Waals surface area (Å²) in [6, 6.07) is 28.2. The summed E-state index contributed by atoms with van der Waals surface area (Å²) in [7, 11) is 0. The van der Waals surface area contributed by atoms with Crippen LogP contribution in [0.1, 0.15) is 85.6 Å². The van der Waals surface area contributed by atoms with Crippen LogP contribution in [0.5, 0.6) is 0 Å². The second-order valence-electron chi connectivity index (χ2n) is 11.2. The lowest BCUT2D eigenvalue weighted by Crippen LogP contribution is -2.39. The van der Waals surface area contributed by atoms with E-state index in [-0.39, 0.29) is 36.2 Å². The third kappa shape index (κ3) is 6.59. The Bertz CT molecular complexity index is 1220. The number of hydrogen-bond acceptors (Lipinski definition) is 3. The van der Waals surface area contributed by atoms with Crippen LogP contribution in [0, 0.1) is 5.92 Å². The summed E-state index contributed by atoms with van der Waals surface area (Å²) in [5, 5.41) is 13.1. The molecule has 0 aromatic heterocycles. The number of nitrogens with one attached hydrogen (secondary N) is 1. The van der Waals surface area contributed by atoms with Crippen molar-refractivity contribution < 1.29 is 14.7 Å². The van der Waals surface area contributed by atoms with Crippen LogP contribution < -0.4 is 5.32 Å². The van der Waals surface area contributed by atoms with Gasteiger partial charge in [-0.2, -0.15) is 0 Å². The second-order valence-corrected chi connectivity index (χ2v) is 11.2. The molecule has 2 fully saturated rings. The molecule has 2 saturated carbocycles. The summed E-state index contributed by atoms with van der Waals surface area (Å²) in [4.78, 5) is 28.9. The number of carbonyl (C=O) groups is 2. The molecule has 0 saturated heterocycles. The lowest BCUT2D eigenvalue weighted by molar-refractivity contribution is -0.133. The van der Waals surface area contributed by atoms with Gasteiger partial charge in [0.15, 0.2) is 0 Å². The first-order valence-corrected chi connectivity index (χ1v) is 14.5. The Balaban J connectivity index is 1.26. The van der Waals surface area contributed by atoms with Crippen LogP contribution >= 0.6 is 0 Å². The molecule has 2 amide bonds. The highest BCUT2D eigenvalue weighted by atomic mass is 16.3. The van der Waals surface area contributed by atoms with E-state index in [0.717, 1.165) is 55.2 Å². The SMILES string of the molecule is CC(C(=O)N(Cc1ccc([C@H]2CCCC[C@@H]2C(=O)N[C@@H](CO)c2ccccc2)cc1)C1CC1)c1ccccc1. The van der Waals surface area contributed by atoms with Crippen molar-refractivity contribution in [3.63, 3.8) is 0 Å². The molecule has 2 N–H and O–H groups in total. The van der Waals surface area contributed by atoms with Crippen molar-refractivity contribution in [2.24, 2.45) is 5.92 Å². The zero-order valence-corrected chi connectivity index (χ0v) is 22.8. The summed E-state index contributed by atoms with van der Waals surface area (Å²) >= 11 is 0. The largest absolute Gasteiger partial charge is 0.394 e. The van der Waals surface area contributed by atoms with E-state index in [2.05, 4.69) is 34.5 Å². The molecule has 0 radical (unpaired) electrons. The van der Waals surface area contributed by atoms with E-state index in [4.69, 9.17) is 0 Å². The quantitative estimate of drug-likeness (QED) is 0.336. The fraction of sp³-hybridized carbons (Fsp3) is 0.412. The van der Waals surface area contributed by atoms with Crippen molar-refractivity contribution in [1.29, 1.82) is 0 Å². The molecule has 4 atom stereocenters. The van der Waals surface area contributed by atoms with E-state index in [1.807, 2.05) is 67.6 Å². The highest BCUT2D eigenvalue weighted by Gasteiger charge is 2.36. The number of amides is 2. The first-order valence-electron chi connectivity index (χ1n) is 14.5. The summed E-state index contributed by atoms with van der Waals surface area (Å²) < 4.78 is 0. The average Bonchev–Trinajstić information content (AvgIpc) is 3.84. The Morgan fingerprint density at radius 2 is 1.46 bits per heavy atom. The summed E-state index contributed by atoms with van der Waals surface area (Å²) in [5.41, 5.74) is 4.28. The minimum atomic E-state index is -0.395. The van der Waals surface area contributed by atoms with Gasteiger partial charge in [0.25, 0.3) is 0 Å². The molecule has 5 nitrogen and oxygen atoms in total. The molecule has 2 aliphatic carbocycles. The Kier molecular flexibility index (Phi) is 8.77. The Morgan fingerprint density at radius 1 is 0.846 bits per heavy atom. The predicted molar refractivity (Wildman–Crippen MR) is 154 cm³/mol. The molecule has 1 unspecified atom stereocenters. The van der Waals surface area contributed by atoms with Crippen LogP contribution in [0.4, 0.5) is 0 Å². The van der Waals surface area contributed by atoms with E-state index < -0.39 is 6.04 Å². The molecule has 0 bridgehead atoms.